The number of nitrogens with one attached hydrogen (secondary N) is 1. The van der Waals surface area contributed by atoms with Crippen LogP contribution in [0.5, 0.6) is 11.5 Å². The molecule has 0 aliphatic heterocycles. The van der Waals surface area contributed by atoms with Crippen LogP contribution in [0.2, 0.25) is 0 Å². The normalized spacial score (nSPS) is 12.2. The first kappa shape index (κ1) is 23.4. The molecule has 0 aromatic heterocycles. The number of anilines is 1. The summed E-state index contributed by atoms with van der Waals surface area (Å²) in [6.45, 7) is 3.72. The van der Waals surface area contributed by atoms with Crippen molar-refractivity contribution >= 4 is 21.6 Å². The van der Waals surface area contributed by atoms with E-state index in [2.05, 4.69) is 5.32 Å². The van der Waals surface area contributed by atoms with Gasteiger partial charge in [0.25, 0.3) is 0 Å². The van der Waals surface area contributed by atoms with Crippen molar-refractivity contribution in [1.82, 2.24) is 5.32 Å². The number of carbonyl (C=O) groups excluding carboxylic acids is 1. The predicted octanol–water partition coefficient (Wildman–Crippen LogP) is 2.84. The standard InChI is InChI=1S/C20H24F2N2O5S/c1-5-29-19-10-14(6-9-18(19)28-3)12-23-20(25)13(2)24(30(4,26)27)15-7-8-16(21)17(22)11-15/h6-11,13H,5,12H2,1-4H3,(H,23,25)/t13-/m0/s1. The number of hydrogen-bond donors (Lipinski definition) is 1. The van der Waals surface area contributed by atoms with E-state index < -0.39 is 33.6 Å². The molecule has 164 valence electrons. The predicted molar refractivity (Wildman–Crippen MR) is 109 cm³/mol. The minimum Gasteiger partial charge on any atom is -0.493 e. The number of hydrogen-bond acceptors (Lipinski definition) is 5. The molecule has 0 spiro atoms. The fraction of sp³-hybridized carbons (Fsp3) is 0.350. The number of halogens is 2. The second-order valence-corrected chi connectivity index (χ2v) is 8.33. The summed E-state index contributed by atoms with van der Waals surface area (Å²) >= 11 is 0. The maximum absolute atomic E-state index is 13.6. The van der Waals surface area contributed by atoms with Gasteiger partial charge in [-0.1, -0.05) is 6.07 Å². The Labute approximate surface area is 174 Å². The molecule has 2 aromatic carbocycles. The van der Waals surface area contributed by atoms with Crippen LogP contribution in [-0.2, 0) is 21.4 Å². The van der Waals surface area contributed by atoms with Crippen molar-refractivity contribution in [3.63, 3.8) is 0 Å². The fourth-order valence-corrected chi connectivity index (χ4v) is 4.03. The van der Waals surface area contributed by atoms with Gasteiger partial charge in [-0.3, -0.25) is 9.10 Å². The molecule has 0 heterocycles. The van der Waals surface area contributed by atoms with Gasteiger partial charge in [-0.2, -0.15) is 0 Å². The van der Waals surface area contributed by atoms with Gasteiger partial charge in [-0.25, -0.2) is 17.2 Å². The Kier molecular flexibility index (Phi) is 7.60. The first-order valence-electron chi connectivity index (χ1n) is 9.10. The summed E-state index contributed by atoms with van der Waals surface area (Å²) in [5, 5.41) is 2.64. The molecule has 2 aromatic rings. The third kappa shape index (κ3) is 5.59. The zero-order valence-corrected chi connectivity index (χ0v) is 17.9. The average Bonchev–Trinajstić information content (AvgIpc) is 2.68. The summed E-state index contributed by atoms with van der Waals surface area (Å²) in [7, 11) is -2.44. The van der Waals surface area contributed by atoms with E-state index in [1.165, 1.54) is 14.0 Å². The van der Waals surface area contributed by atoms with Crippen LogP contribution in [-0.4, -0.2) is 40.3 Å². The lowest BCUT2D eigenvalue weighted by molar-refractivity contribution is -0.122. The number of benzene rings is 2. The van der Waals surface area contributed by atoms with Crippen LogP contribution in [0.25, 0.3) is 0 Å². The van der Waals surface area contributed by atoms with Crippen LogP contribution in [0.3, 0.4) is 0 Å². The van der Waals surface area contributed by atoms with Gasteiger partial charge in [-0.05, 0) is 43.7 Å². The second-order valence-electron chi connectivity index (χ2n) is 6.47. The molecule has 1 amide bonds. The van der Waals surface area contributed by atoms with Crippen LogP contribution in [0.4, 0.5) is 14.5 Å². The molecule has 0 saturated carbocycles. The summed E-state index contributed by atoms with van der Waals surface area (Å²) in [5.74, 6) is -1.88. The molecular formula is C20H24F2N2O5S. The van der Waals surface area contributed by atoms with Crippen molar-refractivity contribution in [3.05, 3.63) is 53.6 Å². The van der Waals surface area contributed by atoms with Crippen LogP contribution in [0.15, 0.2) is 36.4 Å². The van der Waals surface area contributed by atoms with E-state index in [-0.39, 0.29) is 12.2 Å². The zero-order chi connectivity index (χ0) is 22.5. The molecule has 0 bridgehead atoms. The lowest BCUT2D eigenvalue weighted by atomic mass is 10.2. The Morgan fingerprint density at radius 3 is 2.40 bits per heavy atom. The fourth-order valence-electron chi connectivity index (χ4n) is 2.87. The van der Waals surface area contributed by atoms with Crippen molar-refractivity contribution in [3.8, 4) is 11.5 Å². The number of rotatable bonds is 9. The number of methoxy groups -OCH3 is 1. The Balaban J connectivity index is 2.20. The largest absolute Gasteiger partial charge is 0.493 e. The molecule has 7 nitrogen and oxygen atoms in total. The van der Waals surface area contributed by atoms with Crippen LogP contribution < -0.4 is 19.1 Å². The van der Waals surface area contributed by atoms with E-state index in [0.717, 1.165) is 28.8 Å². The molecule has 0 radical (unpaired) electrons. The molecule has 1 N–H and O–H groups in total. The molecular weight excluding hydrogens is 418 g/mol. The number of nitrogens with zero attached hydrogens (tertiary/aromatic N) is 1. The van der Waals surface area contributed by atoms with Gasteiger partial charge in [0.05, 0.1) is 25.7 Å². The zero-order valence-electron chi connectivity index (χ0n) is 17.1. The SMILES string of the molecule is CCOc1cc(CNC(=O)[C@H](C)N(c2ccc(F)c(F)c2)S(C)(=O)=O)ccc1OC. The van der Waals surface area contributed by atoms with Gasteiger partial charge in [0.2, 0.25) is 15.9 Å². The van der Waals surface area contributed by atoms with Gasteiger partial charge in [0.1, 0.15) is 6.04 Å². The molecule has 0 aliphatic carbocycles. The first-order chi connectivity index (χ1) is 14.1. The number of carbonyl (C=O) groups is 1. The van der Waals surface area contributed by atoms with E-state index in [9.17, 15) is 22.0 Å². The molecule has 30 heavy (non-hydrogen) atoms. The maximum Gasteiger partial charge on any atom is 0.243 e. The van der Waals surface area contributed by atoms with Crippen molar-refractivity contribution in [2.45, 2.75) is 26.4 Å². The summed E-state index contributed by atoms with van der Waals surface area (Å²) in [5.41, 5.74) is 0.556. The van der Waals surface area contributed by atoms with Crippen molar-refractivity contribution < 1.29 is 31.5 Å². The van der Waals surface area contributed by atoms with Crippen LogP contribution >= 0.6 is 0 Å². The van der Waals surface area contributed by atoms with Crippen molar-refractivity contribution in [1.29, 1.82) is 0 Å². The smallest absolute Gasteiger partial charge is 0.243 e. The topological polar surface area (TPSA) is 84.9 Å². The highest BCUT2D eigenvalue weighted by atomic mass is 32.2. The average molecular weight is 442 g/mol. The molecule has 0 unspecified atom stereocenters. The third-order valence-corrected chi connectivity index (χ3v) is 5.48. The van der Waals surface area contributed by atoms with Gasteiger partial charge in [0, 0.05) is 12.6 Å². The summed E-state index contributed by atoms with van der Waals surface area (Å²) in [6, 6.07) is 6.57. The Morgan fingerprint density at radius 1 is 1.13 bits per heavy atom. The maximum atomic E-state index is 13.6. The number of ether oxygens (including phenoxy) is 2. The van der Waals surface area contributed by atoms with E-state index in [1.54, 1.807) is 18.2 Å². The Bertz CT molecular complexity index is 1010. The summed E-state index contributed by atoms with van der Waals surface area (Å²) in [4.78, 5) is 12.6. The van der Waals surface area contributed by atoms with Gasteiger partial charge in [-0.15, -0.1) is 0 Å². The van der Waals surface area contributed by atoms with Crippen LogP contribution in [0.1, 0.15) is 19.4 Å². The second kappa shape index (κ2) is 9.75. The highest BCUT2D eigenvalue weighted by Gasteiger charge is 2.29. The van der Waals surface area contributed by atoms with E-state index >= 15 is 0 Å². The Hall–Kier alpha value is -2.88. The minimum atomic E-state index is -3.95. The summed E-state index contributed by atoms with van der Waals surface area (Å²) in [6.07, 6.45) is 0.885. The molecule has 2 rings (SSSR count). The third-order valence-electron chi connectivity index (χ3n) is 4.24. The highest BCUT2D eigenvalue weighted by molar-refractivity contribution is 7.92. The van der Waals surface area contributed by atoms with Gasteiger partial charge in [0.15, 0.2) is 23.1 Å². The molecule has 0 saturated heterocycles. The molecule has 1 atom stereocenters. The monoisotopic (exact) mass is 442 g/mol. The molecule has 0 fully saturated rings. The van der Waals surface area contributed by atoms with E-state index in [0.29, 0.717) is 23.7 Å². The quantitative estimate of drug-likeness (QED) is 0.646. The van der Waals surface area contributed by atoms with E-state index in [4.69, 9.17) is 9.47 Å². The molecule has 10 heteroatoms. The van der Waals surface area contributed by atoms with Gasteiger partial charge >= 0.3 is 0 Å². The highest BCUT2D eigenvalue weighted by Crippen LogP contribution is 2.28. The first-order valence-corrected chi connectivity index (χ1v) is 10.9. The molecule has 0 aliphatic rings. The van der Waals surface area contributed by atoms with Crippen LogP contribution in [0, 0.1) is 11.6 Å². The van der Waals surface area contributed by atoms with Crippen molar-refractivity contribution in [2.24, 2.45) is 0 Å². The lowest BCUT2D eigenvalue weighted by Gasteiger charge is -2.28. The number of sulfonamides is 1. The number of amides is 1. The van der Waals surface area contributed by atoms with Gasteiger partial charge < -0.3 is 14.8 Å². The van der Waals surface area contributed by atoms with E-state index in [1.807, 2.05) is 6.92 Å². The minimum absolute atomic E-state index is 0.0998. The Morgan fingerprint density at radius 2 is 1.83 bits per heavy atom. The summed E-state index contributed by atoms with van der Waals surface area (Å²) < 4.78 is 62.7. The van der Waals surface area contributed by atoms with Crippen molar-refractivity contribution in [2.75, 3.05) is 24.3 Å². The lowest BCUT2D eigenvalue weighted by Crippen LogP contribution is -2.47.